The summed E-state index contributed by atoms with van der Waals surface area (Å²) in [6.45, 7) is 9.65. The molecule has 3 amide bonds. The number of amides is 3. The normalized spacial score (nSPS) is 12.5. The second kappa shape index (κ2) is 17.2. The zero-order valence-corrected chi connectivity index (χ0v) is 28.0. The minimum absolute atomic E-state index is 0.0927. The molecule has 3 aromatic carbocycles. The number of unbranched alkanes of at least 4 members (excludes halogenated alkanes) is 4. The van der Waals surface area contributed by atoms with Gasteiger partial charge in [0.05, 0.1) is 7.11 Å². The Morgan fingerprint density at radius 3 is 2.20 bits per heavy atom. The third-order valence-corrected chi connectivity index (χ3v) is 7.43. The first-order valence-corrected chi connectivity index (χ1v) is 16.0. The molecule has 0 radical (unpaired) electrons. The van der Waals surface area contributed by atoms with Crippen LogP contribution in [-0.4, -0.2) is 53.2 Å². The molecule has 3 aromatic rings. The molecule has 2 unspecified atom stereocenters. The second-order valence-electron chi connectivity index (χ2n) is 12.5. The summed E-state index contributed by atoms with van der Waals surface area (Å²) in [4.78, 5) is 43.5. The third-order valence-electron chi connectivity index (χ3n) is 7.43. The van der Waals surface area contributed by atoms with E-state index in [1.807, 2.05) is 31.2 Å². The minimum Gasteiger partial charge on any atom is -0.508 e. The molecule has 3 rings (SSSR count). The average molecular weight is 632 g/mol. The number of benzene rings is 3. The number of aryl methyl sites for hydroxylation is 1. The number of phenolic OH excluding ortho intramolecular Hbond substituents is 1. The molecule has 0 aromatic heterocycles. The minimum atomic E-state index is -1.05. The summed E-state index contributed by atoms with van der Waals surface area (Å²) < 4.78 is 10.8. The predicted molar refractivity (Wildman–Crippen MR) is 181 cm³/mol. The lowest BCUT2D eigenvalue weighted by Crippen LogP contribution is -2.53. The van der Waals surface area contributed by atoms with Crippen LogP contribution in [-0.2, 0) is 20.7 Å². The lowest BCUT2D eigenvalue weighted by Gasteiger charge is -2.35. The zero-order valence-electron chi connectivity index (χ0n) is 28.0. The summed E-state index contributed by atoms with van der Waals surface area (Å²) in [5.41, 5.74) is 2.12. The summed E-state index contributed by atoms with van der Waals surface area (Å²) in [5, 5.41) is 15.6. The highest BCUT2D eigenvalue weighted by molar-refractivity contribution is 5.99. The number of rotatable bonds is 15. The molecule has 9 heteroatoms. The van der Waals surface area contributed by atoms with Crippen LogP contribution in [0.1, 0.15) is 82.5 Å². The molecule has 0 aliphatic carbocycles. The number of nitrogens with one attached hydrogen (secondary N) is 2. The number of anilines is 1. The Morgan fingerprint density at radius 1 is 0.913 bits per heavy atom. The van der Waals surface area contributed by atoms with E-state index >= 15 is 0 Å². The number of aromatic hydroxyl groups is 1. The number of carbonyl (C=O) groups is 3. The Kier molecular flexibility index (Phi) is 13.5. The molecule has 3 N–H and O–H groups in total. The van der Waals surface area contributed by atoms with E-state index in [-0.39, 0.29) is 18.1 Å². The fourth-order valence-corrected chi connectivity index (χ4v) is 5.17. The Bertz CT molecular complexity index is 1420. The molecule has 0 saturated carbocycles. The smallest absolute Gasteiger partial charge is 0.408 e. The number of hydrogen-bond acceptors (Lipinski definition) is 6. The van der Waals surface area contributed by atoms with Gasteiger partial charge in [-0.3, -0.25) is 9.59 Å². The lowest BCUT2D eigenvalue weighted by atomic mass is 9.98. The molecule has 0 aliphatic heterocycles. The van der Waals surface area contributed by atoms with E-state index < -0.39 is 29.7 Å². The van der Waals surface area contributed by atoms with Gasteiger partial charge in [-0.05, 0) is 81.6 Å². The Labute approximate surface area is 273 Å². The van der Waals surface area contributed by atoms with E-state index in [1.54, 1.807) is 69.2 Å². The highest BCUT2D eigenvalue weighted by Gasteiger charge is 2.36. The van der Waals surface area contributed by atoms with Crippen molar-refractivity contribution in [3.05, 3.63) is 89.5 Å². The summed E-state index contributed by atoms with van der Waals surface area (Å²) >= 11 is 0. The van der Waals surface area contributed by atoms with Gasteiger partial charge in [0.15, 0.2) is 0 Å². The van der Waals surface area contributed by atoms with Gasteiger partial charge in [-0.15, -0.1) is 0 Å². The largest absolute Gasteiger partial charge is 0.508 e. The maximum absolute atomic E-state index is 14.7. The van der Waals surface area contributed by atoms with E-state index in [0.717, 1.165) is 36.8 Å². The van der Waals surface area contributed by atoms with Crippen molar-refractivity contribution in [3.63, 3.8) is 0 Å². The van der Waals surface area contributed by atoms with Gasteiger partial charge in [-0.1, -0.05) is 74.6 Å². The van der Waals surface area contributed by atoms with E-state index in [1.165, 1.54) is 12.1 Å². The quantitative estimate of drug-likeness (QED) is 0.151. The molecule has 0 aliphatic rings. The molecule has 248 valence electrons. The fraction of sp³-hybridized carbons (Fsp3) is 0.432. The van der Waals surface area contributed by atoms with Gasteiger partial charge < -0.3 is 30.1 Å². The Balaban J connectivity index is 2.06. The highest BCUT2D eigenvalue weighted by atomic mass is 16.6. The van der Waals surface area contributed by atoms with Crippen LogP contribution in [0.5, 0.6) is 11.5 Å². The Hall–Kier alpha value is -4.53. The van der Waals surface area contributed by atoms with Gasteiger partial charge in [0.25, 0.3) is 5.91 Å². The zero-order chi connectivity index (χ0) is 33.7. The monoisotopic (exact) mass is 631 g/mol. The SMILES string of the molecule is CCCCCCCN(C(=O)C(Cc1ccc(O)cc1)NC(=O)OC(C)(C)C)C(C(=O)Nc1ccc(OC)cc1)c1cccc(C)c1. The maximum atomic E-state index is 14.7. The molecule has 0 spiro atoms. The first kappa shape index (κ1) is 35.9. The molecular formula is C37H49N3O6. The molecule has 0 heterocycles. The number of carbonyl (C=O) groups excluding carboxylic acids is 3. The molecule has 46 heavy (non-hydrogen) atoms. The van der Waals surface area contributed by atoms with E-state index in [9.17, 15) is 19.5 Å². The lowest BCUT2D eigenvalue weighted by molar-refractivity contribution is -0.140. The summed E-state index contributed by atoms with van der Waals surface area (Å²) in [6.07, 6.45) is 4.14. The van der Waals surface area contributed by atoms with Gasteiger partial charge in [-0.25, -0.2) is 4.79 Å². The number of phenols is 1. The van der Waals surface area contributed by atoms with Crippen molar-refractivity contribution in [2.24, 2.45) is 0 Å². The van der Waals surface area contributed by atoms with Crippen molar-refractivity contribution in [1.82, 2.24) is 10.2 Å². The van der Waals surface area contributed by atoms with Crippen LogP contribution in [0.25, 0.3) is 0 Å². The maximum Gasteiger partial charge on any atom is 0.408 e. The Morgan fingerprint density at radius 2 is 1.59 bits per heavy atom. The van der Waals surface area contributed by atoms with Crippen molar-refractivity contribution in [2.75, 3.05) is 19.0 Å². The van der Waals surface area contributed by atoms with Gasteiger partial charge in [0, 0.05) is 18.7 Å². The number of alkyl carbamates (subject to hydrolysis) is 1. The summed E-state index contributed by atoms with van der Waals surface area (Å²) in [7, 11) is 1.57. The van der Waals surface area contributed by atoms with Crippen molar-refractivity contribution in [3.8, 4) is 11.5 Å². The molecular weight excluding hydrogens is 582 g/mol. The van der Waals surface area contributed by atoms with Crippen LogP contribution < -0.4 is 15.4 Å². The molecule has 2 atom stereocenters. The summed E-state index contributed by atoms with van der Waals surface area (Å²) in [5.74, 6) is -0.0401. The van der Waals surface area contributed by atoms with E-state index in [2.05, 4.69) is 17.6 Å². The van der Waals surface area contributed by atoms with Crippen LogP contribution >= 0.6 is 0 Å². The first-order chi connectivity index (χ1) is 21.9. The van der Waals surface area contributed by atoms with E-state index in [0.29, 0.717) is 30.0 Å². The third kappa shape index (κ3) is 11.4. The van der Waals surface area contributed by atoms with Gasteiger partial charge in [0.2, 0.25) is 5.91 Å². The van der Waals surface area contributed by atoms with Crippen LogP contribution in [0.15, 0.2) is 72.8 Å². The predicted octanol–water partition coefficient (Wildman–Crippen LogP) is 7.32. The molecule has 0 fully saturated rings. The first-order valence-electron chi connectivity index (χ1n) is 16.0. The standard InChI is InChI=1S/C37H49N3O6/c1-7-8-9-10-11-23-40(35(43)32(39-36(44)46-37(3,4)5)25-27-15-19-30(41)20-16-27)33(28-14-12-13-26(2)24-28)34(42)38-29-17-21-31(45-6)22-18-29/h12-22,24,32-33,41H,7-11,23,25H2,1-6H3,(H,38,42)(H,39,44). The molecule has 0 saturated heterocycles. The fourth-order valence-electron chi connectivity index (χ4n) is 5.17. The average Bonchev–Trinajstić information content (AvgIpc) is 3.00. The van der Waals surface area contributed by atoms with Gasteiger partial charge in [0.1, 0.15) is 29.2 Å². The summed E-state index contributed by atoms with van der Waals surface area (Å²) in [6, 6.07) is 19.0. The van der Waals surface area contributed by atoms with E-state index in [4.69, 9.17) is 9.47 Å². The second-order valence-corrected chi connectivity index (χ2v) is 12.5. The number of hydrogen-bond donors (Lipinski definition) is 3. The topological polar surface area (TPSA) is 117 Å². The van der Waals surface area contributed by atoms with Crippen molar-refractivity contribution >= 4 is 23.6 Å². The van der Waals surface area contributed by atoms with Crippen molar-refractivity contribution in [1.29, 1.82) is 0 Å². The number of methoxy groups -OCH3 is 1. The van der Waals surface area contributed by atoms with Crippen LogP contribution in [0.2, 0.25) is 0 Å². The molecule has 0 bridgehead atoms. The number of ether oxygens (including phenoxy) is 2. The van der Waals surface area contributed by atoms with Crippen molar-refractivity contribution in [2.45, 2.75) is 90.8 Å². The van der Waals surface area contributed by atoms with Crippen molar-refractivity contribution < 1.29 is 29.0 Å². The van der Waals surface area contributed by atoms with Crippen LogP contribution in [0.3, 0.4) is 0 Å². The van der Waals surface area contributed by atoms with Crippen LogP contribution in [0.4, 0.5) is 10.5 Å². The van der Waals surface area contributed by atoms with Crippen LogP contribution in [0, 0.1) is 6.92 Å². The van der Waals surface area contributed by atoms with Gasteiger partial charge >= 0.3 is 6.09 Å². The number of nitrogens with zero attached hydrogens (tertiary/aromatic N) is 1. The molecule has 9 nitrogen and oxygen atoms in total. The van der Waals surface area contributed by atoms with Gasteiger partial charge in [-0.2, -0.15) is 0 Å². The highest BCUT2D eigenvalue weighted by Crippen LogP contribution is 2.27.